The van der Waals surface area contributed by atoms with Crippen LogP contribution in [0.1, 0.15) is 15.9 Å². The number of carboxylic acid groups (broad SMARTS) is 1. The van der Waals surface area contributed by atoms with Crippen LogP contribution in [0, 0.1) is 0 Å². The summed E-state index contributed by atoms with van der Waals surface area (Å²) in [5.74, 6) is -0.926. The minimum atomic E-state index is -0.888. The lowest BCUT2D eigenvalue weighted by atomic mass is 10.1. The zero-order chi connectivity index (χ0) is 11.4. The Labute approximate surface area is 104 Å². The first-order chi connectivity index (χ1) is 7.04. The lowest BCUT2D eigenvalue weighted by molar-refractivity contribution is -0.136. The molecule has 0 saturated carbocycles. The normalized spacial score (nSPS) is 10.0. The number of Topliss-reactive ketones (excluding diaryl/α,β-unsaturated/α-hetero) is 1. The van der Waals surface area contributed by atoms with Gasteiger partial charge in [-0.3, -0.25) is 9.59 Å². The molecule has 1 N–H and O–H groups in total. The number of benzene rings is 1. The van der Waals surface area contributed by atoms with Gasteiger partial charge in [-0.25, -0.2) is 0 Å². The van der Waals surface area contributed by atoms with Gasteiger partial charge < -0.3 is 5.11 Å². The minimum Gasteiger partial charge on any atom is -0.481 e. The van der Waals surface area contributed by atoms with E-state index in [-0.39, 0.29) is 17.5 Å². The van der Waals surface area contributed by atoms with Crippen molar-refractivity contribution in [3.05, 3.63) is 33.8 Å². The maximum absolute atomic E-state index is 11.4. The molecule has 3 nitrogen and oxygen atoms in total. The number of carbonyl (C=O) groups excluding carboxylic acids is 1. The predicted molar refractivity (Wildman–Crippen MR) is 63.6 cm³/mol. The lowest BCUT2D eigenvalue weighted by Gasteiger charge is -2.03. The van der Waals surface area contributed by atoms with E-state index in [0.29, 0.717) is 15.6 Å². The molecule has 0 spiro atoms. The highest BCUT2D eigenvalue weighted by atomic mass is 79.9. The van der Waals surface area contributed by atoms with E-state index >= 15 is 0 Å². The van der Waals surface area contributed by atoms with Gasteiger partial charge in [0.25, 0.3) is 0 Å². The lowest BCUT2D eigenvalue weighted by Crippen LogP contribution is -2.04. The van der Waals surface area contributed by atoms with E-state index in [2.05, 4.69) is 31.9 Å². The number of carboxylic acids is 1. The van der Waals surface area contributed by atoms with Crippen LogP contribution in [-0.2, 0) is 11.2 Å². The molecule has 0 amide bonds. The molecular weight excluding hydrogens is 328 g/mol. The van der Waals surface area contributed by atoms with E-state index in [0.717, 1.165) is 0 Å². The second-order valence-corrected chi connectivity index (χ2v) is 4.36. The maximum atomic E-state index is 11.4. The number of halogens is 2. The molecule has 0 aliphatic rings. The average Bonchev–Trinajstić information content (AvgIpc) is 2.16. The quantitative estimate of drug-likeness (QED) is 0.679. The molecule has 0 saturated heterocycles. The molecule has 0 bridgehead atoms. The third kappa shape index (κ3) is 3.43. The van der Waals surface area contributed by atoms with Gasteiger partial charge in [0.2, 0.25) is 0 Å². The molecule has 0 aromatic heterocycles. The van der Waals surface area contributed by atoms with Crippen LogP contribution in [0.25, 0.3) is 0 Å². The minimum absolute atomic E-state index is 0.0382. The smallest absolute Gasteiger partial charge is 0.307 e. The maximum Gasteiger partial charge on any atom is 0.307 e. The van der Waals surface area contributed by atoms with Crippen molar-refractivity contribution in [1.29, 1.82) is 0 Å². The Morgan fingerprint density at radius 2 is 2.00 bits per heavy atom. The SMILES string of the molecule is O=C(O)Cc1ccc(C(=O)CBr)c(Br)c1. The zero-order valence-electron chi connectivity index (χ0n) is 7.67. The fourth-order valence-electron chi connectivity index (χ4n) is 1.14. The van der Waals surface area contributed by atoms with Crippen molar-refractivity contribution >= 4 is 43.6 Å². The third-order valence-electron chi connectivity index (χ3n) is 1.81. The molecule has 80 valence electrons. The van der Waals surface area contributed by atoms with Gasteiger partial charge in [-0.2, -0.15) is 0 Å². The van der Waals surface area contributed by atoms with Gasteiger partial charge in [-0.15, -0.1) is 0 Å². The molecule has 1 aromatic rings. The van der Waals surface area contributed by atoms with Crippen LogP contribution in [-0.4, -0.2) is 22.2 Å². The van der Waals surface area contributed by atoms with Crippen LogP contribution >= 0.6 is 31.9 Å². The number of hydrogen-bond donors (Lipinski definition) is 1. The summed E-state index contributed by atoms with van der Waals surface area (Å²) in [6.07, 6.45) is -0.0403. The third-order valence-corrected chi connectivity index (χ3v) is 2.98. The Morgan fingerprint density at radius 1 is 1.33 bits per heavy atom. The van der Waals surface area contributed by atoms with Crippen LogP contribution in [0.15, 0.2) is 22.7 Å². The molecule has 0 unspecified atom stereocenters. The highest BCUT2D eigenvalue weighted by molar-refractivity contribution is 9.10. The van der Waals surface area contributed by atoms with Gasteiger partial charge >= 0.3 is 5.97 Å². The van der Waals surface area contributed by atoms with E-state index in [1.165, 1.54) is 0 Å². The number of aliphatic carboxylic acids is 1. The van der Waals surface area contributed by atoms with E-state index in [9.17, 15) is 9.59 Å². The number of hydrogen-bond acceptors (Lipinski definition) is 2. The van der Waals surface area contributed by atoms with Gasteiger partial charge in [0.15, 0.2) is 5.78 Å². The summed E-state index contributed by atoms with van der Waals surface area (Å²) in [6.45, 7) is 0. The molecule has 5 heteroatoms. The fourth-order valence-corrected chi connectivity index (χ4v) is 2.09. The first-order valence-electron chi connectivity index (χ1n) is 4.14. The Hall–Kier alpha value is -0.680. The fraction of sp³-hybridized carbons (Fsp3) is 0.200. The average molecular weight is 336 g/mol. The highest BCUT2D eigenvalue weighted by Crippen LogP contribution is 2.20. The monoisotopic (exact) mass is 334 g/mol. The summed E-state index contributed by atoms with van der Waals surface area (Å²) in [6, 6.07) is 4.94. The number of rotatable bonds is 4. The van der Waals surface area contributed by atoms with Gasteiger partial charge in [-0.05, 0) is 17.7 Å². The van der Waals surface area contributed by atoms with Crippen molar-refractivity contribution in [1.82, 2.24) is 0 Å². The standard InChI is InChI=1S/C10H8Br2O3/c11-5-9(13)7-2-1-6(3-8(7)12)4-10(14)15/h1-3H,4-5H2,(H,14,15). The summed E-state index contributed by atoms with van der Waals surface area (Å²) in [7, 11) is 0. The van der Waals surface area contributed by atoms with Crippen LogP contribution in [0.3, 0.4) is 0 Å². The highest BCUT2D eigenvalue weighted by Gasteiger charge is 2.10. The molecule has 0 aliphatic carbocycles. The molecule has 0 radical (unpaired) electrons. The van der Waals surface area contributed by atoms with E-state index in [1.807, 2.05) is 0 Å². The number of ketones is 1. The van der Waals surface area contributed by atoms with Gasteiger partial charge in [0.05, 0.1) is 11.8 Å². The molecular formula is C10H8Br2O3. The molecule has 0 heterocycles. The molecule has 0 fully saturated rings. The van der Waals surface area contributed by atoms with Crippen molar-refractivity contribution in [2.45, 2.75) is 6.42 Å². The molecule has 15 heavy (non-hydrogen) atoms. The molecule has 0 aliphatic heterocycles. The Balaban J connectivity index is 2.97. The Bertz CT molecular complexity index is 402. The van der Waals surface area contributed by atoms with Crippen molar-refractivity contribution in [2.24, 2.45) is 0 Å². The first-order valence-corrected chi connectivity index (χ1v) is 6.05. The topological polar surface area (TPSA) is 54.4 Å². The van der Waals surface area contributed by atoms with Gasteiger partial charge in [-0.1, -0.05) is 37.9 Å². The summed E-state index contributed by atoms with van der Waals surface area (Å²) in [5, 5.41) is 8.85. The van der Waals surface area contributed by atoms with Crippen molar-refractivity contribution in [3.8, 4) is 0 Å². The Morgan fingerprint density at radius 3 is 2.47 bits per heavy atom. The first kappa shape index (κ1) is 12.4. The summed E-state index contributed by atoms with van der Waals surface area (Å²) < 4.78 is 0.630. The second kappa shape index (κ2) is 5.42. The van der Waals surface area contributed by atoms with E-state index in [1.54, 1.807) is 18.2 Å². The van der Waals surface area contributed by atoms with E-state index in [4.69, 9.17) is 5.11 Å². The van der Waals surface area contributed by atoms with Crippen molar-refractivity contribution in [3.63, 3.8) is 0 Å². The summed E-state index contributed by atoms with van der Waals surface area (Å²) in [5.41, 5.74) is 1.22. The molecule has 1 rings (SSSR count). The van der Waals surface area contributed by atoms with Crippen LogP contribution in [0.5, 0.6) is 0 Å². The Kier molecular flexibility index (Phi) is 4.47. The predicted octanol–water partition coefficient (Wildman–Crippen LogP) is 2.65. The molecule has 0 atom stereocenters. The number of carbonyl (C=O) groups is 2. The van der Waals surface area contributed by atoms with Crippen molar-refractivity contribution in [2.75, 3.05) is 5.33 Å². The second-order valence-electron chi connectivity index (χ2n) is 2.94. The van der Waals surface area contributed by atoms with Crippen molar-refractivity contribution < 1.29 is 14.7 Å². The van der Waals surface area contributed by atoms with Crippen LogP contribution in [0.4, 0.5) is 0 Å². The number of alkyl halides is 1. The van der Waals surface area contributed by atoms with Crippen LogP contribution in [0.2, 0.25) is 0 Å². The summed E-state index contributed by atoms with van der Waals surface area (Å²) in [4.78, 5) is 21.8. The van der Waals surface area contributed by atoms with E-state index < -0.39 is 5.97 Å². The van der Waals surface area contributed by atoms with Crippen LogP contribution < -0.4 is 0 Å². The van der Waals surface area contributed by atoms with Gasteiger partial charge in [0, 0.05) is 10.0 Å². The zero-order valence-corrected chi connectivity index (χ0v) is 10.8. The molecule has 1 aromatic carbocycles. The van der Waals surface area contributed by atoms with Gasteiger partial charge in [0.1, 0.15) is 0 Å². The summed E-state index contributed by atoms with van der Waals surface area (Å²) >= 11 is 6.32. The largest absolute Gasteiger partial charge is 0.481 e.